The molecule has 4 amide bonds. The minimum absolute atomic E-state index is 0.456. The van der Waals surface area contributed by atoms with Gasteiger partial charge in [-0.15, -0.1) is 0 Å². The molecule has 0 spiro atoms. The second-order valence-electron chi connectivity index (χ2n) is 5.15. The van der Waals surface area contributed by atoms with Crippen LogP contribution >= 0.6 is 0 Å². The third-order valence-electron chi connectivity index (χ3n) is 3.39. The molecule has 0 aromatic heterocycles. The lowest BCUT2D eigenvalue weighted by Gasteiger charge is -2.27. The number of imide groups is 2. The summed E-state index contributed by atoms with van der Waals surface area (Å²) in [4.78, 5) is 69.6. The van der Waals surface area contributed by atoms with Crippen molar-refractivity contribution in [2.75, 3.05) is 13.1 Å². The quantitative estimate of drug-likeness (QED) is 0.437. The van der Waals surface area contributed by atoms with Crippen molar-refractivity contribution in [2.24, 2.45) is 0 Å². The zero-order chi connectivity index (χ0) is 21.3. The summed E-state index contributed by atoms with van der Waals surface area (Å²) in [6.07, 6.45) is 1.84. The first kappa shape index (κ1) is 23.9. The van der Waals surface area contributed by atoms with Crippen molar-refractivity contribution >= 4 is 35.6 Å². The first-order valence-electron chi connectivity index (χ1n) is 8.09. The SMILES string of the molecule is CC.CC(=O)N(C(C)=O)C(CNCC(C(=O)O)N1C(=O)C=CC1=O)C(=O)O. The van der Waals surface area contributed by atoms with Gasteiger partial charge in [0.1, 0.15) is 12.1 Å². The molecule has 0 saturated heterocycles. The number of carboxylic acids is 2. The van der Waals surface area contributed by atoms with E-state index < -0.39 is 60.7 Å². The molecule has 3 N–H and O–H groups in total. The number of amides is 4. The van der Waals surface area contributed by atoms with E-state index in [0.717, 1.165) is 26.0 Å². The van der Waals surface area contributed by atoms with E-state index in [9.17, 15) is 39.0 Å². The zero-order valence-corrected chi connectivity index (χ0v) is 15.5. The van der Waals surface area contributed by atoms with Gasteiger partial charge in [0.25, 0.3) is 11.8 Å². The maximum absolute atomic E-state index is 11.6. The van der Waals surface area contributed by atoms with Crippen molar-refractivity contribution in [3.05, 3.63) is 12.2 Å². The fourth-order valence-electron chi connectivity index (χ4n) is 2.31. The monoisotopic (exact) mass is 385 g/mol. The number of rotatable bonds is 8. The van der Waals surface area contributed by atoms with Crippen LogP contribution in [0.4, 0.5) is 0 Å². The topological polar surface area (TPSA) is 161 Å². The molecule has 11 nitrogen and oxygen atoms in total. The molecule has 0 fully saturated rings. The van der Waals surface area contributed by atoms with Crippen molar-refractivity contribution in [3.8, 4) is 0 Å². The highest BCUT2D eigenvalue weighted by molar-refractivity contribution is 6.14. The second kappa shape index (κ2) is 10.8. The zero-order valence-electron chi connectivity index (χ0n) is 15.5. The number of aliphatic carboxylic acids is 2. The largest absolute Gasteiger partial charge is 0.480 e. The van der Waals surface area contributed by atoms with Crippen LogP contribution in [-0.4, -0.2) is 80.8 Å². The van der Waals surface area contributed by atoms with Gasteiger partial charge < -0.3 is 15.5 Å². The average Bonchev–Trinajstić information content (AvgIpc) is 2.90. The van der Waals surface area contributed by atoms with Gasteiger partial charge in [-0.1, -0.05) is 13.8 Å². The molecule has 0 bridgehead atoms. The number of hydrogen-bond donors (Lipinski definition) is 3. The molecule has 2 atom stereocenters. The Kier molecular flexibility index (Phi) is 9.58. The third-order valence-corrected chi connectivity index (χ3v) is 3.39. The van der Waals surface area contributed by atoms with Gasteiger partial charge in [0.05, 0.1) is 0 Å². The van der Waals surface area contributed by atoms with E-state index in [1.165, 1.54) is 0 Å². The molecule has 2 unspecified atom stereocenters. The molecule has 1 rings (SSSR count). The molecule has 1 aliphatic heterocycles. The third kappa shape index (κ3) is 6.29. The second-order valence-corrected chi connectivity index (χ2v) is 5.15. The van der Waals surface area contributed by atoms with E-state index in [1.807, 2.05) is 13.8 Å². The number of carbonyl (C=O) groups is 6. The highest BCUT2D eigenvalue weighted by Gasteiger charge is 2.36. The van der Waals surface area contributed by atoms with Crippen LogP contribution in [0.1, 0.15) is 27.7 Å². The Hall–Kier alpha value is -3.08. The Balaban J connectivity index is 0.00000326. The standard InChI is InChI=1S/C14H17N3O8.C2H6/c1-7(18)16(8(2)19)9(13(22)23)5-15-6-10(14(24)25)17-11(20)3-4-12(17)21;1-2/h3-4,9-10,15H,5-6H2,1-2H3,(H,22,23)(H,24,25);1-2H3. The van der Waals surface area contributed by atoms with Crippen LogP contribution in [0, 0.1) is 0 Å². The maximum atomic E-state index is 11.6. The molecule has 27 heavy (non-hydrogen) atoms. The van der Waals surface area contributed by atoms with Crippen LogP contribution < -0.4 is 5.32 Å². The molecule has 150 valence electrons. The summed E-state index contributed by atoms with van der Waals surface area (Å²) in [5, 5.41) is 20.8. The van der Waals surface area contributed by atoms with Crippen molar-refractivity contribution in [1.29, 1.82) is 0 Å². The van der Waals surface area contributed by atoms with Crippen molar-refractivity contribution in [2.45, 2.75) is 39.8 Å². The van der Waals surface area contributed by atoms with E-state index in [-0.39, 0.29) is 0 Å². The van der Waals surface area contributed by atoms with Crippen molar-refractivity contribution in [1.82, 2.24) is 15.1 Å². The van der Waals surface area contributed by atoms with Gasteiger partial charge in [-0.05, 0) is 0 Å². The summed E-state index contributed by atoms with van der Waals surface area (Å²) in [6, 6.07) is -3.12. The molecule has 0 aromatic rings. The van der Waals surface area contributed by atoms with Gasteiger partial charge in [0, 0.05) is 39.1 Å². The van der Waals surface area contributed by atoms with Crippen LogP contribution in [0.2, 0.25) is 0 Å². The molecule has 0 radical (unpaired) electrons. The van der Waals surface area contributed by atoms with Crippen molar-refractivity contribution in [3.63, 3.8) is 0 Å². The van der Waals surface area contributed by atoms with E-state index in [2.05, 4.69) is 5.32 Å². The van der Waals surface area contributed by atoms with Gasteiger partial charge in [-0.25, -0.2) is 9.59 Å². The Morgan fingerprint density at radius 3 is 1.74 bits per heavy atom. The van der Waals surface area contributed by atoms with Gasteiger partial charge >= 0.3 is 11.9 Å². The van der Waals surface area contributed by atoms with Crippen LogP contribution in [-0.2, 0) is 28.8 Å². The molecule has 0 saturated carbocycles. The molecule has 0 aliphatic carbocycles. The fourth-order valence-corrected chi connectivity index (χ4v) is 2.31. The maximum Gasteiger partial charge on any atom is 0.328 e. The normalized spacial score (nSPS) is 14.9. The first-order valence-corrected chi connectivity index (χ1v) is 8.09. The van der Waals surface area contributed by atoms with Gasteiger partial charge in [-0.3, -0.25) is 29.0 Å². The summed E-state index contributed by atoms with van der Waals surface area (Å²) < 4.78 is 0. The minimum atomic E-state index is -1.56. The molecule has 1 heterocycles. The summed E-state index contributed by atoms with van der Waals surface area (Å²) in [5.41, 5.74) is 0. The molecular weight excluding hydrogens is 362 g/mol. The highest BCUT2D eigenvalue weighted by Crippen LogP contribution is 2.09. The van der Waals surface area contributed by atoms with Crippen LogP contribution in [0.15, 0.2) is 12.2 Å². The van der Waals surface area contributed by atoms with Crippen LogP contribution in [0.25, 0.3) is 0 Å². The summed E-state index contributed by atoms with van der Waals surface area (Å²) in [7, 11) is 0. The minimum Gasteiger partial charge on any atom is -0.480 e. The first-order chi connectivity index (χ1) is 12.6. The highest BCUT2D eigenvalue weighted by atomic mass is 16.4. The lowest BCUT2D eigenvalue weighted by Crippen LogP contribution is -2.55. The van der Waals surface area contributed by atoms with E-state index >= 15 is 0 Å². The molecule has 0 aromatic carbocycles. The summed E-state index contributed by atoms with van der Waals surface area (Å²) >= 11 is 0. The van der Waals surface area contributed by atoms with E-state index in [4.69, 9.17) is 0 Å². The fraction of sp³-hybridized carbons (Fsp3) is 0.500. The number of nitrogens with one attached hydrogen (secondary N) is 1. The number of carbonyl (C=O) groups excluding carboxylic acids is 4. The van der Waals surface area contributed by atoms with Crippen LogP contribution in [0.3, 0.4) is 0 Å². The summed E-state index contributed by atoms with van der Waals surface area (Å²) in [5.74, 6) is -6.12. The predicted molar refractivity (Wildman–Crippen MR) is 91.3 cm³/mol. The number of carboxylic acid groups (broad SMARTS) is 2. The average molecular weight is 385 g/mol. The summed E-state index contributed by atoms with van der Waals surface area (Å²) in [6.45, 7) is 5.12. The lowest BCUT2D eigenvalue weighted by atomic mass is 10.2. The molecular formula is C16H23N3O8. The van der Waals surface area contributed by atoms with E-state index in [0.29, 0.717) is 9.80 Å². The number of hydrogen-bond acceptors (Lipinski definition) is 7. The van der Waals surface area contributed by atoms with Crippen molar-refractivity contribution < 1.29 is 39.0 Å². The van der Waals surface area contributed by atoms with E-state index in [1.54, 1.807) is 0 Å². The van der Waals surface area contributed by atoms with Gasteiger partial charge in [0.15, 0.2) is 0 Å². The molecule has 1 aliphatic rings. The number of nitrogens with zero attached hydrogens (tertiary/aromatic N) is 2. The predicted octanol–water partition coefficient (Wildman–Crippen LogP) is -1.17. The lowest BCUT2D eigenvalue weighted by molar-refractivity contribution is -0.156. The van der Waals surface area contributed by atoms with Gasteiger partial charge in [0.2, 0.25) is 11.8 Å². The Morgan fingerprint density at radius 2 is 1.41 bits per heavy atom. The Labute approximate surface area is 155 Å². The van der Waals surface area contributed by atoms with Gasteiger partial charge in [-0.2, -0.15) is 0 Å². The smallest absolute Gasteiger partial charge is 0.328 e. The Morgan fingerprint density at radius 1 is 0.963 bits per heavy atom. The Bertz CT molecular complexity index is 606. The van der Waals surface area contributed by atoms with Crippen LogP contribution in [0.5, 0.6) is 0 Å². The molecule has 11 heteroatoms.